The normalized spacial score (nSPS) is 27.1. The predicted octanol–water partition coefficient (Wildman–Crippen LogP) is 3.41. The first-order valence-electron chi connectivity index (χ1n) is 7.50. The van der Waals surface area contributed by atoms with Gasteiger partial charge in [-0.2, -0.15) is 0 Å². The molecule has 1 aromatic heterocycles. The summed E-state index contributed by atoms with van der Waals surface area (Å²) in [4.78, 5) is 14.8. The second-order valence-electron chi connectivity index (χ2n) is 6.34. The molecule has 3 nitrogen and oxygen atoms in total. The van der Waals surface area contributed by atoms with Gasteiger partial charge in [0.2, 0.25) is 0 Å². The van der Waals surface area contributed by atoms with E-state index in [1.807, 2.05) is 0 Å². The third-order valence-electron chi connectivity index (χ3n) is 5.35. The number of aromatic amines is 1. The Morgan fingerprint density at radius 3 is 3.10 bits per heavy atom. The predicted molar refractivity (Wildman–Crippen MR) is 78.0 cm³/mol. The Morgan fingerprint density at radius 1 is 1.50 bits per heavy atom. The van der Waals surface area contributed by atoms with E-state index in [1.54, 1.807) is 0 Å². The highest BCUT2D eigenvalue weighted by Crippen LogP contribution is 2.62. The van der Waals surface area contributed by atoms with Crippen molar-refractivity contribution in [2.24, 2.45) is 5.92 Å². The van der Waals surface area contributed by atoms with Crippen LogP contribution in [0, 0.1) is 5.92 Å². The smallest absolute Gasteiger partial charge is 0.304 e. The molecule has 1 aromatic carbocycles. The van der Waals surface area contributed by atoms with Crippen molar-refractivity contribution in [3.05, 3.63) is 35.0 Å². The van der Waals surface area contributed by atoms with Crippen molar-refractivity contribution < 1.29 is 9.90 Å². The molecule has 0 bridgehead atoms. The molecule has 1 fully saturated rings. The molecule has 2 N–H and O–H groups in total. The van der Waals surface area contributed by atoms with Gasteiger partial charge in [-0.3, -0.25) is 4.79 Å². The van der Waals surface area contributed by atoms with Crippen LogP contribution in [0.4, 0.5) is 0 Å². The van der Waals surface area contributed by atoms with Crippen LogP contribution in [0.25, 0.3) is 10.9 Å². The van der Waals surface area contributed by atoms with Gasteiger partial charge in [0.25, 0.3) is 0 Å². The molecule has 0 amide bonds. The molecule has 2 aliphatic rings. The van der Waals surface area contributed by atoms with Crippen LogP contribution in [0.2, 0.25) is 0 Å². The molecule has 20 heavy (non-hydrogen) atoms. The summed E-state index contributed by atoms with van der Waals surface area (Å²) >= 11 is 0. The Morgan fingerprint density at radius 2 is 2.35 bits per heavy atom. The molecule has 1 saturated carbocycles. The second-order valence-corrected chi connectivity index (χ2v) is 6.34. The molecule has 0 radical (unpaired) electrons. The Hall–Kier alpha value is -1.77. The van der Waals surface area contributed by atoms with Gasteiger partial charge >= 0.3 is 5.97 Å². The Balaban J connectivity index is 1.94. The number of hydrogen-bond donors (Lipinski definition) is 2. The number of aromatic nitrogens is 1. The van der Waals surface area contributed by atoms with Gasteiger partial charge in [0.05, 0.1) is 6.42 Å². The van der Waals surface area contributed by atoms with Crippen LogP contribution < -0.4 is 0 Å². The van der Waals surface area contributed by atoms with E-state index in [2.05, 4.69) is 30.1 Å². The number of para-hydroxylation sites is 1. The van der Waals surface area contributed by atoms with Crippen molar-refractivity contribution in [1.82, 2.24) is 4.98 Å². The quantitative estimate of drug-likeness (QED) is 0.897. The molecule has 2 aromatic rings. The molecular formula is C17H19NO2. The van der Waals surface area contributed by atoms with E-state index in [4.69, 9.17) is 0 Å². The summed E-state index contributed by atoms with van der Waals surface area (Å²) in [6.45, 7) is 2.17. The summed E-state index contributed by atoms with van der Waals surface area (Å²) in [6.07, 6.45) is 4.56. The third-order valence-corrected chi connectivity index (χ3v) is 5.35. The monoisotopic (exact) mass is 269 g/mol. The number of hydrogen-bond acceptors (Lipinski definition) is 1. The Labute approximate surface area is 118 Å². The fourth-order valence-corrected chi connectivity index (χ4v) is 4.27. The van der Waals surface area contributed by atoms with Crippen LogP contribution in [0.15, 0.2) is 18.2 Å². The molecule has 2 atom stereocenters. The number of rotatable bonds is 3. The maximum absolute atomic E-state index is 11.2. The van der Waals surface area contributed by atoms with Crippen LogP contribution in [0.1, 0.15) is 43.0 Å². The van der Waals surface area contributed by atoms with Crippen molar-refractivity contribution in [1.29, 1.82) is 0 Å². The van der Waals surface area contributed by atoms with Crippen LogP contribution >= 0.6 is 0 Å². The molecule has 2 aliphatic carbocycles. The van der Waals surface area contributed by atoms with Crippen molar-refractivity contribution >= 4 is 16.9 Å². The maximum atomic E-state index is 11.2. The number of carboxylic acids is 1. The lowest BCUT2D eigenvalue weighted by molar-refractivity contribution is -0.137. The minimum atomic E-state index is -0.672. The van der Waals surface area contributed by atoms with E-state index >= 15 is 0 Å². The van der Waals surface area contributed by atoms with E-state index in [1.165, 1.54) is 27.7 Å². The summed E-state index contributed by atoms with van der Waals surface area (Å²) in [5, 5.41) is 10.6. The van der Waals surface area contributed by atoms with Crippen LogP contribution in [-0.4, -0.2) is 16.1 Å². The van der Waals surface area contributed by atoms with Crippen molar-refractivity contribution in [2.75, 3.05) is 0 Å². The fourth-order valence-electron chi connectivity index (χ4n) is 4.27. The van der Waals surface area contributed by atoms with Crippen LogP contribution in [-0.2, 0) is 23.1 Å². The molecule has 0 spiro atoms. The van der Waals surface area contributed by atoms with Gasteiger partial charge < -0.3 is 10.1 Å². The number of carboxylic acid groups (broad SMARTS) is 1. The fraction of sp³-hybridized carbons (Fsp3) is 0.471. The molecule has 1 unspecified atom stereocenters. The highest BCUT2D eigenvalue weighted by molar-refractivity contribution is 5.89. The zero-order valence-electron chi connectivity index (χ0n) is 11.7. The average molecular weight is 269 g/mol. The largest absolute Gasteiger partial charge is 0.481 e. The summed E-state index contributed by atoms with van der Waals surface area (Å²) in [7, 11) is 0. The van der Waals surface area contributed by atoms with E-state index < -0.39 is 5.97 Å². The standard InChI is InChI=1S/C17H19NO2/c1-2-10-4-3-5-12-13-7-6-11-8-17(11,9-14(19)20)16(13)18-15(10)12/h3-5,11,18H,2,6-9H2,1H3,(H,19,20)/t11-,17?/m1/s1. The lowest BCUT2D eigenvalue weighted by atomic mass is 9.84. The molecule has 0 aliphatic heterocycles. The lowest BCUT2D eigenvalue weighted by Crippen LogP contribution is -2.21. The molecule has 1 heterocycles. The summed E-state index contributed by atoms with van der Waals surface area (Å²) in [5.41, 5.74) is 5.08. The minimum absolute atomic E-state index is 0.0938. The topological polar surface area (TPSA) is 53.1 Å². The van der Waals surface area contributed by atoms with Gasteiger partial charge in [0.15, 0.2) is 0 Å². The summed E-state index contributed by atoms with van der Waals surface area (Å²) in [5.74, 6) is -0.0982. The van der Waals surface area contributed by atoms with E-state index in [-0.39, 0.29) is 11.8 Å². The van der Waals surface area contributed by atoms with Crippen LogP contribution in [0.5, 0.6) is 0 Å². The summed E-state index contributed by atoms with van der Waals surface area (Å²) < 4.78 is 0. The van der Waals surface area contributed by atoms with Crippen molar-refractivity contribution in [2.45, 2.75) is 44.4 Å². The lowest BCUT2D eigenvalue weighted by Gasteiger charge is -2.21. The third kappa shape index (κ3) is 1.43. The second kappa shape index (κ2) is 3.87. The first-order valence-corrected chi connectivity index (χ1v) is 7.50. The van der Waals surface area contributed by atoms with Gasteiger partial charge in [0, 0.05) is 22.0 Å². The molecular weight excluding hydrogens is 250 g/mol. The number of carbonyl (C=O) groups is 1. The SMILES string of the molecule is CCc1cccc2c3c([nH]c12)C1(CC(=O)O)C[C@H]1CC3. The average Bonchev–Trinajstić information content (AvgIpc) is 3.00. The number of fused-ring (bicyclic) bond motifs is 5. The first-order chi connectivity index (χ1) is 9.65. The number of aliphatic carboxylic acids is 1. The zero-order valence-corrected chi connectivity index (χ0v) is 11.7. The number of nitrogens with one attached hydrogen (secondary N) is 1. The van der Waals surface area contributed by atoms with Gasteiger partial charge in [-0.1, -0.05) is 25.1 Å². The van der Waals surface area contributed by atoms with Gasteiger partial charge in [0.1, 0.15) is 0 Å². The zero-order chi connectivity index (χ0) is 13.9. The van der Waals surface area contributed by atoms with E-state index in [0.29, 0.717) is 5.92 Å². The van der Waals surface area contributed by atoms with Gasteiger partial charge in [-0.15, -0.1) is 0 Å². The van der Waals surface area contributed by atoms with Gasteiger partial charge in [-0.05, 0) is 42.7 Å². The molecule has 104 valence electrons. The Kier molecular flexibility index (Phi) is 2.33. The van der Waals surface area contributed by atoms with E-state index in [0.717, 1.165) is 25.7 Å². The molecule has 0 saturated heterocycles. The molecule has 4 rings (SSSR count). The first kappa shape index (κ1) is 12.0. The number of aryl methyl sites for hydroxylation is 2. The highest BCUT2D eigenvalue weighted by atomic mass is 16.4. The van der Waals surface area contributed by atoms with Crippen LogP contribution in [0.3, 0.4) is 0 Å². The van der Waals surface area contributed by atoms with Crippen molar-refractivity contribution in [3.63, 3.8) is 0 Å². The van der Waals surface area contributed by atoms with Gasteiger partial charge in [-0.25, -0.2) is 0 Å². The van der Waals surface area contributed by atoms with E-state index in [9.17, 15) is 9.90 Å². The maximum Gasteiger partial charge on any atom is 0.304 e. The molecule has 3 heteroatoms. The minimum Gasteiger partial charge on any atom is -0.481 e. The highest BCUT2D eigenvalue weighted by Gasteiger charge is 2.59. The Bertz CT molecular complexity index is 715. The number of benzene rings is 1. The van der Waals surface area contributed by atoms with Crippen molar-refractivity contribution in [3.8, 4) is 0 Å². The number of H-pyrrole nitrogens is 1. The summed E-state index contributed by atoms with van der Waals surface area (Å²) in [6, 6.07) is 6.47.